The van der Waals surface area contributed by atoms with Gasteiger partial charge in [-0.25, -0.2) is 0 Å². The summed E-state index contributed by atoms with van der Waals surface area (Å²) in [5.41, 5.74) is 2.19. The first-order chi connectivity index (χ1) is 7.58. The van der Waals surface area contributed by atoms with Crippen molar-refractivity contribution >= 4 is 0 Å². The molecular formula is C15H22O. The maximum atomic E-state index is 5.84. The molecule has 88 valence electrons. The third-order valence-electron chi connectivity index (χ3n) is 5.82. The lowest BCUT2D eigenvalue weighted by molar-refractivity contribution is -0.00327. The summed E-state index contributed by atoms with van der Waals surface area (Å²) in [6.07, 6.45) is 8.48. The minimum Gasteiger partial charge on any atom is -0.468 e. The maximum absolute atomic E-state index is 5.84. The molecule has 1 saturated carbocycles. The standard InChI is InChI=1S/C15H22O/c1-11-5-4-8-15(3)13-12(7-10-16-13)6-9-14(11,15)2/h7,10-11H,4-6,8-9H2,1-3H3/t11-,14+,15+/m1/s1. The SMILES string of the molecule is C[C@@H]1CCC[C@@]2(C)c3occc3CC[C@@]12C. The summed E-state index contributed by atoms with van der Waals surface area (Å²) < 4.78 is 5.84. The van der Waals surface area contributed by atoms with Crippen LogP contribution in [0.1, 0.15) is 57.8 Å². The van der Waals surface area contributed by atoms with Crippen LogP contribution in [-0.4, -0.2) is 0 Å². The highest BCUT2D eigenvalue weighted by molar-refractivity contribution is 5.32. The first-order valence-electron chi connectivity index (χ1n) is 6.65. The Labute approximate surface area is 98.2 Å². The molecule has 0 amide bonds. The minimum absolute atomic E-state index is 0.280. The van der Waals surface area contributed by atoms with E-state index in [9.17, 15) is 0 Å². The minimum atomic E-state index is 0.280. The van der Waals surface area contributed by atoms with E-state index >= 15 is 0 Å². The van der Waals surface area contributed by atoms with Gasteiger partial charge in [0, 0.05) is 5.41 Å². The smallest absolute Gasteiger partial charge is 0.113 e. The molecule has 0 unspecified atom stereocenters. The molecule has 0 aliphatic heterocycles. The third-order valence-corrected chi connectivity index (χ3v) is 5.82. The Bertz CT molecular complexity index is 405. The molecule has 0 aromatic carbocycles. The first-order valence-corrected chi connectivity index (χ1v) is 6.65. The van der Waals surface area contributed by atoms with Crippen molar-refractivity contribution in [3.8, 4) is 0 Å². The monoisotopic (exact) mass is 218 g/mol. The van der Waals surface area contributed by atoms with Crippen molar-refractivity contribution in [1.82, 2.24) is 0 Å². The average Bonchev–Trinajstić information content (AvgIpc) is 2.71. The molecule has 3 rings (SSSR count). The van der Waals surface area contributed by atoms with Gasteiger partial charge in [0.1, 0.15) is 5.76 Å². The van der Waals surface area contributed by atoms with Gasteiger partial charge < -0.3 is 4.42 Å². The molecule has 1 heterocycles. The van der Waals surface area contributed by atoms with Gasteiger partial charge in [-0.15, -0.1) is 0 Å². The molecule has 16 heavy (non-hydrogen) atoms. The molecule has 2 aliphatic carbocycles. The van der Waals surface area contributed by atoms with Gasteiger partial charge >= 0.3 is 0 Å². The van der Waals surface area contributed by atoms with Crippen LogP contribution in [0.2, 0.25) is 0 Å². The van der Waals surface area contributed by atoms with Crippen LogP contribution in [0.15, 0.2) is 16.7 Å². The zero-order valence-electron chi connectivity index (χ0n) is 10.7. The van der Waals surface area contributed by atoms with Crippen molar-refractivity contribution in [1.29, 1.82) is 0 Å². The van der Waals surface area contributed by atoms with Crippen LogP contribution in [0.4, 0.5) is 0 Å². The Morgan fingerprint density at radius 1 is 1.31 bits per heavy atom. The molecular weight excluding hydrogens is 196 g/mol. The average molecular weight is 218 g/mol. The molecule has 2 aliphatic rings. The van der Waals surface area contributed by atoms with Gasteiger partial charge in [-0.1, -0.05) is 33.6 Å². The van der Waals surface area contributed by atoms with Gasteiger partial charge in [0.2, 0.25) is 0 Å². The van der Waals surface area contributed by atoms with Crippen molar-refractivity contribution in [2.75, 3.05) is 0 Å². The number of aryl methyl sites for hydroxylation is 1. The predicted octanol–water partition coefficient (Wildman–Crippen LogP) is 4.31. The Morgan fingerprint density at radius 3 is 2.94 bits per heavy atom. The largest absolute Gasteiger partial charge is 0.468 e. The van der Waals surface area contributed by atoms with Gasteiger partial charge in [-0.05, 0) is 42.2 Å². The summed E-state index contributed by atoms with van der Waals surface area (Å²) in [5, 5.41) is 0. The van der Waals surface area contributed by atoms with E-state index in [1.807, 2.05) is 6.26 Å². The highest BCUT2D eigenvalue weighted by Gasteiger charge is 2.55. The molecule has 1 fully saturated rings. The van der Waals surface area contributed by atoms with Crippen molar-refractivity contribution < 1.29 is 4.42 Å². The van der Waals surface area contributed by atoms with Crippen LogP contribution >= 0.6 is 0 Å². The Balaban J connectivity index is 2.15. The van der Waals surface area contributed by atoms with E-state index in [0.29, 0.717) is 5.41 Å². The van der Waals surface area contributed by atoms with Gasteiger partial charge in [-0.3, -0.25) is 0 Å². The van der Waals surface area contributed by atoms with E-state index in [1.165, 1.54) is 43.4 Å². The molecule has 0 N–H and O–H groups in total. The molecule has 0 radical (unpaired) electrons. The van der Waals surface area contributed by atoms with Crippen LogP contribution in [0.3, 0.4) is 0 Å². The van der Waals surface area contributed by atoms with E-state index in [2.05, 4.69) is 26.8 Å². The van der Waals surface area contributed by atoms with E-state index < -0.39 is 0 Å². The second-order valence-corrected chi connectivity index (χ2v) is 6.32. The second kappa shape index (κ2) is 3.15. The number of furan rings is 1. The fourth-order valence-electron chi connectivity index (χ4n) is 4.22. The summed E-state index contributed by atoms with van der Waals surface area (Å²) >= 11 is 0. The molecule has 1 nitrogen and oxygen atoms in total. The van der Waals surface area contributed by atoms with Gasteiger partial charge in [0.25, 0.3) is 0 Å². The molecule has 0 spiro atoms. The summed E-state index contributed by atoms with van der Waals surface area (Å²) in [6.45, 7) is 7.36. The Kier molecular flexibility index (Phi) is 2.05. The number of rotatable bonds is 0. The molecule has 0 bridgehead atoms. The predicted molar refractivity (Wildman–Crippen MR) is 65.5 cm³/mol. The van der Waals surface area contributed by atoms with E-state index in [4.69, 9.17) is 4.42 Å². The third kappa shape index (κ3) is 1.07. The summed E-state index contributed by atoms with van der Waals surface area (Å²) in [7, 11) is 0. The fraction of sp³-hybridized carbons (Fsp3) is 0.733. The quantitative estimate of drug-likeness (QED) is 0.632. The molecule has 1 aromatic heterocycles. The second-order valence-electron chi connectivity index (χ2n) is 6.32. The van der Waals surface area contributed by atoms with Gasteiger partial charge in [0.05, 0.1) is 6.26 Å². The van der Waals surface area contributed by atoms with Crippen LogP contribution in [0.25, 0.3) is 0 Å². The van der Waals surface area contributed by atoms with Gasteiger partial charge in [0.15, 0.2) is 0 Å². The van der Waals surface area contributed by atoms with Crippen LogP contribution in [0, 0.1) is 11.3 Å². The molecule has 1 aromatic rings. The highest BCUT2D eigenvalue weighted by atomic mass is 16.3. The van der Waals surface area contributed by atoms with Crippen molar-refractivity contribution in [2.24, 2.45) is 11.3 Å². The highest BCUT2D eigenvalue weighted by Crippen LogP contribution is 2.60. The topological polar surface area (TPSA) is 13.1 Å². The number of hydrogen-bond acceptors (Lipinski definition) is 1. The lowest BCUT2D eigenvalue weighted by Gasteiger charge is -2.55. The van der Waals surface area contributed by atoms with Gasteiger partial charge in [-0.2, -0.15) is 0 Å². The van der Waals surface area contributed by atoms with Crippen molar-refractivity contribution in [2.45, 2.75) is 58.3 Å². The summed E-state index contributed by atoms with van der Waals surface area (Å²) in [5.74, 6) is 2.12. The fourth-order valence-corrected chi connectivity index (χ4v) is 4.22. The number of hydrogen-bond donors (Lipinski definition) is 0. The summed E-state index contributed by atoms with van der Waals surface area (Å²) in [6, 6.07) is 2.18. The van der Waals surface area contributed by atoms with Crippen LogP contribution in [-0.2, 0) is 11.8 Å². The Morgan fingerprint density at radius 2 is 2.12 bits per heavy atom. The van der Waals surface area contributed by atoms with E-state index in [0.717, 1.165) is 5.92 Å². The Hall–Kier alpha value is -0.720. The molecule has 1 heteroatoms. The zero-order valence-corrected chi connectivity index (χ0v) is 10.7. The van der Waals surface area contributed by atoms with E-state index in [1.54, 1.807) is 0 Å². The first kappa shape index (κ1) is 10.4. The van der Waals surface area contributed by atoms with Crippen molar-refractivity contribution in [3.63, 3.8) is 0 Å². The normalized spacial score (nSPS) is 42.6. The zero-order chi connectivity index (χ0) is 11.4. The van der Waals surface area contributed by atoms with Crippen LogP contribution < -0.4 is 0 Å². The summed E-state index contributed by atoms with van der Waals surface area (Å²) in [4.78, 5) is 0. The lowest BCUT2D eigenvalue weighted by Crippen LogP contribution is -2.51. The number of fused-ring (bicyclic) bond motifs is 3. The molecule has 3 atom stereocenters. The van der Waals surface area contributed by atoms with Crippen molar-refractivity contribution in [3.05, 3.63) is 23.7 Å². The maximum Gasteiger partial charge on any atom is 0.113 e. The van der Waals surface area contributed by atoms with E-state index in [-0.39, 0.29) is 5.41 Å². The molecule has 0 saturated heterocycles. The van der Waals surface area contributed by atoms with Crippen LogP contribution in [0.5, 0.6) is 0 Å². The lowest BCUT2D eigenvalue weighted by atomic mass is 9.48.